The Hall–Kier alpha value is -0.960. The fraction of sp³-hybridized carbons (Fsp3) is 0.750. The Kier molecular flexibility index (Phi) is 7.30. The van der Waals surface area contributed by atoms with Crippen molar-refractivity contribution in [1.82, 2.24) is 0 Å². The third kappa shape index (κ3) is 5.76. The maximum atomic E-state index is 13.5. The maximum absolute atomic E-state index is 13.5. The van der Waals surface area contributed by atoms with Gasteiger partial charge in [0, 0.05) is 6.07 Å². The molecule has 0 radical (unpaired) electrons. The third-order valence-electron chi connectivity index (χ3n) is 7.25. The number of halogens is 2. The van der Waals surface area contributed by atoms with Crippen LogP contribution in [-0.2, 0) is 5.60 Å². The van der Waals surface area contributed by atoms with Gasteiger partial charge in [-0.3, -0.25) is 0 Å². The van der Waals surface area contributed by atoms with Crippen LogP contribution in [0.15, 0.2) is 18.2 Å². The zero-order valence-electron chi connectivity index (χ0n) is 16.9. The fourth-order valence-electron chi connectivity index (χ4n) is 5.33. The molecule has 0 heterocycles. The van der Waals surface area contributed by atoms with Gasteiger partial charge in [0.05, 0.1) is 5.60 Å². The molecular weight excluding hydrogens is 342 g/mol. The minimum absolute atomic E-state index is 0.406. The highest BCUT2D eigenvalue weighted by molar-refractivity contribution is 5.25. The van der Waals surface area contributed by atoms with Gasteiger partial charge in [-0.05, 0) is 61.1 Å². The van der Waals surface area contributed by atoms with Crippen LogP contribution in [0.2, 0.25) is 0 Å². The van der Waals surface area contributed by atoms with Crippen LogP contribution < -0.4 is 0 Å². The van der Waals surface area contributed by atoms with Crippen LogP contribution >= 0.6 is 0 Å². The van der Waals surface area contributed by atoms with Gasteiger partial charge in [0.1, 0.15) is 11.6 Å². The van der Waals surface area contributed by atoms with E-state index in [2.05, 4.69) is 6.92 Å². The minimum atomic E-state index is -1.06. The van der Waals surface area contributed by atoms with E-state index in [4.69, 9.17) is 0 Å². The molecule has 152 valence electrons. The Morgan fingerprint density at radius 3 is 1.81 bits per heavy atom. The molecule has 27 heavy (non-hydrogen) atoms. The predicted molar refractivity (Wildman–Crippen MR) is 106 cm³/mol. The molecule has 2 saturated carbocycles. The van der Waals surface area contributed by atoms with E-state index in [0.29, 0.717) is 24.3 Å². The average molecular weight is 379 g/mol. The molecule has 0 unspecified atom stereocenters. The topological polar surface area (TPSA) is 20.2 Å². The van der Waals surface area contributed by atoms with Crippen LogP contribution in [0.4, 0.5) is 8.78 Å². The molecule has 0 atom stereocenters. The van der Waals surface area contributed by atoms with Gasteiger partial charge in [-0.2, -0.15) is 0 Å². The van der Waals surface area contributed by atoms with Crippen molar-refractivity contribution < 1.29 is 13.9 Å². The minimum Gasteiger partial charge on any atom is -0.385 e. The first kappa shape index (κ1) is 20.8. The fourth-order valence-corrected chi connectivity index (χ4v) is 5.33. The van der Waals surface area contributed by atoms with Gasteiger partial charge in [0.25, 0.3) is 0 Å². The van der Waals surface area contributed by atoms with E-state index in [1.807, 2.05) is 0 Å². The van der Waals surface area contributed by atoms with E-state index in [-0.39, 0.29) is 0 Å². The summed E-state index contributed by atoms with van der Waals surface area (Å²) >= 11 is 0. The summed E-state index contributed by atoms with van der Waals surface area (Å²) in [7, 11) is 0. The van der Waals surface area contributed by atoms with Gasteiger partial charge in [-0.1, -0.05) is 64.7 Å². The van der Waals surface area contributed by atoms with Crippen molar-refractivity contribution in [3.63, 3.8) is 0 Å². The molecular formula is C24H36F2O. The zero-order valence-corrected chi connectivity index (χ0v) is 16.9. The molecule has 3 heteroatoms. The summed E-state index contributed by atoms with van der Waals surface area (Å²) in [5.41, 5.74) is -0.652. The van der Waals surface area contributed by atoms with Gasteiger partial charge in [0.15, 0.2) is 0 Å². The molecule has 0 aliphatic heterocycles. The van der Waals surface area contributed by atoms with Crippen LogP contribution in [0.25, 0.3) is 0 Å². The van der Waals surface area contributed by atoms with E-state index < -0.39 is 17.2 Å². The van der Waals surface area contributed by atoms with Gasteiger partial charge in [-0.25, -0.2) is 8.78 Å². The molecule has 0 spiro atoms. The molecule has 1 N–H and O–H groups in total. The number of benzene rings is 1. The first-order valence-corrected chi connectivity index (χ1v) is 11.2. The van der Waals surface area contributed by atoms with E-state index in [1.54, 1.807) is 0 Å². The molecule has 0 saturated heterocycles. The lowest BCUT2D eigenvalue weighted by molar-refractivity contribution is -0.0165. The molecule has 0 aromatic heterocycles. The number of rotatable bonds is 7. The highest BCUT2D eigenvalue weighted by Gasteiger charge is 2.35. The summed E-state index contributed by atoms with van der Waals surface area (Å²) in [6.45, 7) is 2.28. The van der Waals surface area contributed by atoms with Crippen LogP contribution in [0.5, 0.6) is 0 Å². The number of hydrogen-bond donors (Lipinski definition) is 1. The molecule has 0 amide bonds. The Labute approximate surface area is 163 Å². The Bertz CT molecular complexity index is 564. The number of aliphatic hydroxyl groups is 1. The van der Waals surface area contributed by atoms with Crippen molar-refractivity contribution in [3.8, 4) is 0 Å². The van der Waals surface area contributed by atoms with Gasteiger partial charge in [-0.15, -0.1) is 0 Å². The highest BCUT2D eigenvalue weighted by Crippen LogP contribution is 2.42. The van der Waals surface area contributed by atoms with Crippen molar-refractivity contribution in [2.45, 2.75) is 96.0 Å². The lowest BCUT2D eigenvalue weighted by Gasteiger charge is -2.37. The van der Waals surface area contributed by atoms with E-state index in [1.165, 1.54) is 69.9 Å². The van der Waals surface area contributed by atoms with Crippen molar-refractivity contribution >= 4 is 0 Å². The molecule has 1 aromatic rings. The van der Waals surface area contributed by atoms with Crippen molar-refractivity contribution in [2.75, 3.05) is 0 Å². The zero-order chi connectivity index (χ0) is 19.3. The lowest BCUT2D eigenvalue weighted by Crippen LogP contribution is -2.32. The van der Waals surface area contributed by atoms with Crippen molar-refractivity contribution in [1.29, 1.82) is 0 Å². The van der Waals surface area contributed by atoms with Crippen molar-refractivity contribution in [2.24, 2.45) is 17.8 Å². The average Bonchev–Trinajstić information content (AvgIpc) is 2.66. The normalized spacial score (nSPS) is 31.8. The number of hydrogen-bond acceptors (Lipinski definition) is 1. The smallest absolute Gasteiger partial charge is 0.126 e. The SMILES string of the molecule is CCCC[C@H]1CC[C@H](CCC2CCC(O)(c3cc(F)cc(F)c3)CC2)CC1. The van der Waals surface area contributed by atoms with Crippen LogP contribution in [0.3, 0.4) is 0 Å². The molecule has 1 nitrogen and oxygen atoms in total. The van der Waals surface area contributed by atoms with E-state index in [9.17, 15) is 13.9 Å². The summed E-state index contributed by atoms with van der Waals surface area (Å²) in [5.74, 6) is 1.31. The second-order valence-corrected chi connectivity index (χ2v) is 9.24. The molecule has 3 rings (SSSR count). The first-order valence-electron chi connectivity index (χ1n) is 11.2. The first-order chi connectivity index (χ1) is 13.0. The van der Waals surface area contributed by atoms with Gasteiger partial charge < -0.3 is 5.11 Å². The Balaban J connectivity index is 1.41. The second-order valence-electron chi connectivity index (χ2n) is 9.24. The highest BCUT2D eigenvalue weighted by atomic mass is 19.1. The summed E-state index contributed by atoms with van der Waals surface area (Å²) in [6.07, 6.45) is 15.5. The van der Waals surface area contributed by atoms with Crippen molar-refractivity contribution in [3.05, 3.63) is 35.4 Å². The molecule has 2 aliphatic carbocycles. The monoisotopic (exact) mass is 378 g/mol. The van der Waals surface area contributed by atoms with Crippen LogP contribution in [0.1, 0.15) is 96.0 Å². The summed E-state index contributed by atoms with van der Waals surface area (Å²) in [5, 5.41) is 10.9. The molecule has 0 bridgehead atoms. The predicted octanol–water partition coefficient (Wildman–Crippen LogP) is 7.12. The summed E-state index contributed by atoms with van der Waals surface area (Å²) in [6, 6.07) is 3.45. The quantitative estimate of drug-likeness (QED) is 0.535. The van der Waals surface area contributed by atoms with E-state index in [0.717, 1.165) is 30.7 Å². The largest absolute Gasteiger partial charge is 0.385 e. The third-order valence-corrected chi connectivity index (χ3v) is 7.25. The Morgan fingerprint density at radius 2 is 1.30 bits per heavy atom. The van der Waals surface area contributed by atoms with Gasteiger partial charge in [0.2, 0.25) is 0 Å². The maximum Gasteiger partial charge on any atom is 0.126 e. The second kappa shape index (κ2) is 9.49. The molecule has 2 fully saturated rings. The number of unbranched alkanes of at least 4 members (excludes halogenated alkanes) is 1. The Morgan fingerprint density at radius 1 is 0.815 bits per heavy atom. The standard InChI is InChI=1S/C24H36F2O/c1-2-3-4-18-5-7-19(8-6-18)9-10-20-11-13-24(27,14-12-20)21-15-22(25)17-23(26)16-21/h15-20,27H,2-14H2,1H3/t18-,19-,20?,24?. The van der Waals surface area contributed by atoms with Crippen LogP contribution in [0, 0.1) is 29.4 Å². The summed E-state index contributed by atoms with van der Waals surface area (Å²) < 4.78 is 27.0. The van der Waals surface area contributed by atoms with Crippen LogP contribution in [-0.4, -0.2) is 5.11 Å². The molecule has 2 aliphatic rings. The summed E-state index contributed by atoms with van der Waals surface area (Å²) in [4.78, 5) is 0. The molecule has 1 aromatic carbocycles. The van der Waals surface area contributed by atoms with Gasteiger partial charge >= 0.3 is 0 Å². The van der Waals surface area contributed by atoms with E-state index >= 15 is 0 Å². The lowest BCUT2D eigenvalue weighted by atomic mass is 9.72.